The van der Waals surface area contributed by atoms with Gasteiger partial charge in [0.25, 0.3) is 0 Å². The molecule has 2 aromatic rings. The van der Waals surface area contributed by atoms with Crippen molar-refractivity contribution in [3.63, 3.8) is 0 Å². The van der Waals surface area contributed by atoms with Crippen LogP contribution < -0.4 is 11.1 Å². The number of para-hydroxylation sites is 1. The zero-order chi connectivity index (χ0) is 13.2. The molecule has 100 valence electrons. The highest BCUT2D eigenvalue weighted by molar-refractivity contribution is 5.97. The van der Waals surface area contributed by atoms with Gasteiger partial charge in [-0.2, -0.15) is 0 Å². The van der Waals surface area contributed by atoms with E-state index >= 15 is 0 Å². The van der Waals surface area contributed by atoms with Crippen LogP contribution in [0.15, 0.2) is 30.5 Å². The summed E-state index contributed by atoms with van der Waals surface area (Å²) < 4.78 is 5.41. The summed E-state index contributed by atoms with van der Waals surface area (Å²) in [6.45, 7) is 0. The van der Waals surface area contributed by atoms with Gasteiger partial charge in [0.15, 0.2) is 0 Å². The van der Waals surface area contributed by atoms with E-state index in [1.807, 2.05) is 24.4 Å². The van der Waals surface area contributed by atoms with Crippen molar-refractivity contribution in [2.24, 2.45) is 0 Å². The predicted molar refractivity (Wildman–Crippen MR) is 78.2 cm³/mol. The number of ether oxygens (including phenoxy) is 1. The van der Waals surface area contributed by atoms with Crippen LogP contribution in [0.5, 0.6) is 0 Å². The number of fused-ring (bicyclic) bond motifs is 1. The lowest BCUT2D eigenvalue weighted by molar-refractivity contribution is 0.108. The zero-order valence-electron chi connectivity index (χ0n) is 11.1. The highest BCUT2D eigenvalue weighted by Crippen LogP contribution is 2.29. The highest BCUT2D eigenvalue weighted by atomic mass is 16.5. The molecule has 1 aromatic heterocycles. The van der Waals surface area contributed by atoms with Crippen molar-refractivity contribution in [1.82, 2.24) is 4.98 Å². The third kappa shape index (κ3) is 2.36. The highest BCUT2D eigenvalue weighted by Gasteiger charge is 2.24. The molecule has 0 radical (unpaired) electrons. The summed E-state index contributed by atoms with van der Waals surface area (Å²) in [5, 5.41) is 4.69. The van der Waals surface area contributed by atoms with Crippen LogP contribution in [-0.4, -0.2) is 24.2 Å². The second-order valence-corrected chi connectivity index (χ2v) is 5.11. The molecule has 1 aromatic carbocycles. The van der Waals surface area contributed by atoms with Crippen LogP contribution in [0.3, 0.4) is 0 Å². The second kappa shape index (κ2) is 5.05. The van der Waals surface area contributed by atoms with Gasteiger partial charge in [-0.05, 0) is 31.4 Å². The number of pyridine rings is 1. The lowest BCUT2D eigenvalue weighted by Gasteiger charge is -2.16. The molecule has 1 aliphatic carbocycles. The maximum atomic E-state index is 5.97. The molecule has 1 aliphatic rings. The minimum absolute atomic E-state index is 0.385. The van der Waals surface area contributed by atoms with Gasteiger partial charge in [-0.25, -0.2) is 0 Å². The molecular formula is C15H19N3O. The van der Waals surface area contributed by atoms with Crippen molar-refractivity contribution >= 4 is 22.3 Å². The Bertz CT molecular complexity index is 585. The Balaban J connectivity index is 1.87. The lowest BCUT2D eigenvalue weighted by Crippen LogP contribution is -2.17. The first-order valence-corrected chi connectivity index (χ1v) is 6.70. The maximum absolute atomic E-state index is 5.97. The fraction of sp³-hybridized carbons (Fsp3) is 0.400. The Morgan fingerprint density at radius 2 is 2.21 bits per heavy atom. The van der Waals surface area contributed by atoms with Crippen molar-refractivity contribution in [1.29, 1.82) is 0 Å². The number of hydrogen-bond donors (Lipinski definition) is 2. The van der Waals surface area contributed by atoms with Crippen LogP contribution in [0.2, 0.25) is 0 Å². The average molecular weight is 257 g/mol. The van der Waals surface area contributed by atoms with E-state index in [0.29, 0.717) is 12.1 Å². The Morgan fingerprint density at radius 3 is 3.00 bits per heavy atom. The molecule has 4 nitrogen and oxygen atoms in total. The van der Waals surface area contributed by atoms with E-state index < -0.39 is 0 Å². The van der Waals surface area contributed by atoms with Crippen LogP contribution in [0, 0.1) is 0 Å². The second-order valence-electron chi connectivity index (χ2n) is 5.11. The Hall–Kier alpha value is -1.81. The normalized spacial score (nSPS) is 22.8. The van der Waals surface area contributed by atoms with Crippen LogP contribution in [0.25, 0.3) is 10.9 Å². The van der Waals surface area contributed by atoms with Crippen molar-refractivity contribution in [3.05, 3.63) is 30.5 Å². The van der Waals surface area contributed by atoms with Gasteiger partial charge < -0.3 is 15.8 Å². The fourth-order valence-electron chi connectivity index (χ4n) is 2.83. The van der Waals surface area contributed by atoms with E-state index in [4.69, 9.17) is 10.5 Å². The molecule has 19 heavy (non-hydrogen) atoms. The third-order valence-corrected chi connectivity index (χ3v) is 3.88. The number of methoxy groups -OCH3 is 1. The molecule has 1 fully saturated rings. The largest absolute Gasteiger partial charge is 0.397 e. The Kier molecular flexibility index (Phi) is 3.25. The topological polar surface area (TPSA) is 60.2 Å². The van der Waals surface area contributed by atoms with Crippen molar-refractivity contribution in [2.75, 3.05) is 18.2 Å². The number of hydrogen-bond acceptors (Lipinski definition) is 4. The van der Waals surface area contributed by atoms with E-state index in [1.165, 1.54) is 0 Å². The van der Waals surface area contributed by atoms with Crippen molar-refractivity contribution < 1.29 is 4.74 Å². The summed E-state index contributed by atoms with van der Waals surface area (Å²) in [5.41, 5.74) is 8.67. The summed E-state index contributed by atoms with van der Waals surface area (Å²) in [7, 11) is 1.79. The standard InChI is InChI=1S/C15H19N3O/c1-19-11-6-5-10(9-11)18-14-7-8-17-15-12(14)3-2-4-13(15)16/h2-4,7-8,10-11H,5-6,9,16H2,1H3,(H,17,18). The SMILES string of the molecule is COC1CCC(Nc2ccnc3c(N)cccc23)C1. The molecule has 0 aliphatic heterocycles. The first-order chi connectivity index (χ1) is 9.28. The van der Waals surface area contributed by atoms with Crippen molar-refractivity contribution in [3.8, 4) is 0 Å². The first kappa shape index (κ1) is 12.2. The molecule has 1 saturated carbocycles. The van der Waals surface area contributed by atoms with Gasteiger partial charge >= 0.3 is 0 Å². The van der Waals surface area contributed by atoms with Gasteiger partial charge in [-0.3, -0.25) is 4.98 Å². The monoisotopic (exact) mass is 257 g/mol. The van der Waals surface area contributed by atoms with Crippen LogP contribution >= 0.6 is 0 Å². The molecule has 2 atom stereocenters. The van der Waals surface area contributed by atoms with E-state index in [2.05, 4.69) is 16.4 Å². The summed E-state index contributed by atoms with van der Waals surface area (Å²) in [5.74, 6) is 0. The smallest absolute Gasteiger partial charge is 0.0951 e. The van der Waals surface area contributed by atoms with Crippen molar-refractivity contribution in [2.45, 2.75) is 31.4 Å². The van der Waals surface area contributed by atoms with Crippen LogP contribution in [0.1, 0.15) is 19.3 Å². The lowest BCUT2D eigenvalue weighted by atomic mass is 10.1. The van der Waals surface area contributed by atoms with E-state index in [-0.39, 0.29) is 0 Å². The molecule has 0 spiro atoms. The molecular weight excluding hydrogens is 238 g/mol. The third-order valence-electron chi connectivity index (χ3n) is 3.88. The molecule has 3 rings (SSSR count). The molecule has 0 saturated heterocycles. The Morgan fingerprint density at radius 1 is 1.32 bits per heavy atom. The van der Waals surface area contributed by atoms with Crippen LogP contribution in [-0.2, 0) is 4.74 Å². The zero-order valence-corrected chi connectivity index (χ0v) is 11.1. The van der Waals surface area contributed by atoms with Gasteiger partial charge in [-0.1, -0.05) is 12.1 Å². The number of nitrogen functional groups attached to an aromatic ring is 1. The molecule has 0 bridgehead atoms. The number of anilines is 2. The summed E-state index contributed by atoms with van der Waals surface area (Å²) in [4.78, 5) is 4.36. The minimum atomic E-state index is 0.385. The molecule has 3 N–H and O–H groups in total. The predicted octanol–water partition coefficient (Wildman–Crippen LogP) is 2.80. The van der Waals surface area contributed by atoms with Gasteiger partial charge in [0.2, 0.25) is 0 Å². The molecule has 0 amide bonds. The van der Waals surface area contributed by atoms with Gasteiger partial charge in [-0.15, -0.1) is 0 Å². The number of nitrogens with zero attached hydrogens (tertiary/aromatic N) is 1. The van der Waals surface area contributed by atoms with Gasteiger partial charge in [0.1, 0.15) is 0 Å². The number of benzene rings is 1. The van der Waals surface area contributed by atoms with E-state index in [9.17, 15) is 0 Å². The summed E-state index contributed by atoms with van der Waals surface area (Å²) in [6, 6.07) is 8.40. The minimum Gasteiger partial charge on any atom is -0.397 e. The number of nitrogens with one attached hydrogen (secondary N) is 1. The first-order valence-electron chi connectivity index (χ1n) is 6.70. The average Bonchev–Trinajstić information content (AvgIpc) is 2.88. The van der Waals surface area contributed by atoms with E-state index in [0.717, 1.165) is 41.5 Å². The maximum Gasteiger partial charge on any atom is 0.0951 e. The van der Waals surface area contributed by atoms with Crippen LogP contribution in [0.4, 0.5) is 11.4 Å². The summed E-state index contributed by atoms with van der Waals surface area (Å²) in [6.07, 6.45) is 5.52. The number of nitrogens with two attached hydrogens (primary N) is 1. The Labute approximate surface area is 113 Å². The number of rotatable bonds is 3. The van der Waals surface area contributed by atoms with Gasteiger partial charge in [0, 0.05) is 30.4 Å². The van der Waals surface area contributed by atoms with E-state index in [1.54, 1.807) is 7.11 Å². The molecule has 1 heterocycles. The number of aromatic nitrogens is 1. The quantitative estimate of drug-likeness (QED) is 0.830. The molecule has 4 heteroatoms. The fourth-order valence-corrected chi connectivity index (χ4v) is 2.83. The van der Waals surface area contributed by atoms with Gasteiger partial charge in [0.05, 0.1) is 17.3 Å². The molecule has 2 unspecified atom stereocenters. The summed E-state index contributed by atoms with van der Waals surface area (Å²) >= 11 is 0.